The SMILES string of the molecule is O=C(NCC1CCN(S(=O)(=O)c2ccccc2)CC1)c1sccc1OC(F)F. The molecular weight excluding hydrogens is 410 g/mol. The first kappa shape index (κ1) is 20.7. The fourth-order valence-corrected chi connectivity index (χ4v) is 5.29. The Bertz CT molecular complexity index is 895. The predicted octanol–water partition coefficient (Wildman–Crippen LogP) is 3.18. The maximum Gasteiger partial charge on any atom is 0.387 e. The van der Waals surface area contributed by atoms with Crippen LogP contribution in [0.5, 0.6) is 5.75 Å². The van der Waals surface area contributed by atoms with E-state index in [2.05, 4.69) is 10.1 Å². The minimum Gasteiger partial charge on any atom is -0.433 e. The zero-order valence-electron chi connectivity index (χ0n) is 14.9. The van der Waals surface area contributed by atoms with Gasteiger partial charge in [0, 0.05) is 19.6 Å². The van der Waals surface area contributed by atoms with Gasteiger partial charge >= 0.3 is 6.61 Å². The molecule has 1 N–H and O–H groups in total. The molecular formula is C18H20F2N2O4S2. The van der Waals surface area contributed by atoms with E-state index < -0.39 is 22.5 Å². The number of rotatable bonds is 7. The zero-order valence-corrected chi connectivity index (χ0v) is 16.5. The molecule has 1 aromatic carbocycles. The number of thiophene rings is 1. The number of sulfonamides is 1. The Morgan fingerprint density at radius 1 is 1.21 bits per heavy atom. The van der Waals surface area contributed by atoms with Gasteiger partial charge < -0.3 is 10.1 Å². The second-order valence-electron chi connectivity index (χ2n) is 6.36. The van der Waals surface area contributed by atoms with E-state index in [0.29, 0.717) is 32.5 Å². The molecule has 2 aromatic rings. The Balaban J connectivity index is 1.51. The summed E-state index contributed by atoms with van der Waals surface area (Å²) in [4.78, 5) is 12.6. The molecule has 1 amide bonds. The highest BCUT2D eigenvalue weighted by atomic mass is 32.2. The van der Waals surface area contributed by atoms with Crippen molar-refractivity contribution in [2.45, 2.75) is 24.3 Å². The summed E-state index contributed by atoms with van der Waals surface area (Å²) < 4.78 is 55.8. The van der Waals surface area contributed by atoms with Crippen LogP contribution in [0.25, 0.3) is 0 Å². The van der Waals surface area contributed by atoms with Gasteiger partial charge in [-0.15, -0.1) is 11.3 Å². The third-order valence-electron chi connectivity index (χ3n) is 4.56. The van der Waals surface area contributed by atoms with Gasteiger partial charge in [-0.25, -0.2) is 8.42 Å². The lowest BCUT2D eigenvalue weighted by molar-refractivity contribution is -0.0498. The Hall–Kier alpha value is -2.04. The van der Waals surface area contributed by atoms with Gasteiger partial charge in [-0.3, -0.25) is 4.79 Å². The number of hydrogen-bond donors (Lipinski definition) is 1. The minimum absolute atomic E-state index is 0.101. The first-order chi connectivity index (χ1) is 13.4. The molecule has 1 aliphatic rings. The van der Waals surface area contributed by atoms with Gasteiger partial charge in [0.1, 0.15) is 10.6 Å². The Kier molecular flexibility index (Phi) is 6.63. The van der Waals surface area contributed by atoms with E-state index in [4.69, 9.17) is 0 Å². The average Bonchev–Trinajstić information content (AvgIpc) is 3.14. The molecule has 1 saturated heterocycles. The Labute approximate surface area is 166 Å². The van der Waals surface area contributed by atoms with Crippen LogP contribution in [0.15, 0.2) is 46.7 Å². The molecule has 2 heterocycles. The molecule has 0 saturated carbocycles. The summed E-state index contributed by atoms with van der Waals surface area (Å²) in [5.74, 6) is -0.489. The number of nitrogens with zero attached hydrogens (tertiary/aromatic N) is 1. The topological polar surface area (TPSA) is 75.7 Å². The average molecular weight is 430 g/mol. The molecule has 6 nitrogen and oxygen atoms in total. The third-order valence-corrected chi connectivity index (χ3v) is 7.36. The molecule has 10 heteroatoms. The number of benzene rings is 1. The lowest BCUT2D eigenvalue weighted by atomic mass is 9.98. The summed E-state index contributed by atoms with van der Waals surface area (Å²) in [7, 11) is -3.51. The largest absolute Gasteiger partial charge is 0.433 e. The second-order valence-corrected chi connectivity index (χ2v) is 9.22. The number of nitrogens with one attached hydrogen (secondary N) is 1. The summed E-state index contributed by atoms with van der Waals surface area (Å²) in [5, 5.41) is 4.25. The number of piperidine rings is 1. The molecule has 3 rings (SSSR count). The second kappa shape index (κ2) is 8.97. The van der Waals surface area contributed by atoms with Crippen molar-refractivity contribution >= 4 is 27.3 Å². The Morgan fingerprint density at radius 3 is 2.54 bits per heavy atom. The quantitative estimate of drug-likeness (QED) is 0.732. The van der Waals surface area contributed by atoms with E-state index in [0.717, 1.165) is 11.3 Å². The highest BCUT2D eigenvalue weighted by Crippen LogP contribution is 2.27. The van der Waals surface area contributed by atoms with Crippen LogP contribution < -0.4 is 10.1 Å². The van der Waals surface area contributed by atoms with Gasteiger partial charge in [-0.1, -0.05) is 18.2 Å². The molecule has 0 bridgehead atoms. The van der Waals surface area contributed by atoms with Gasteiger partial charge in [0.05, 0.1) is 4.90 Å². The van der Waals surface area contributed by atoms with Gasteiger partial charge in [0.2, 0.25) is 10.0 Å². The van der Waals surface area contributed by atoms with Crippen molar-refractivity contribution < 1.29 is 26.7 Å². The molecule has 0 spiro atoms. The summed E-state index contributed by atoms with van der Waals surface area (Å²) in [5.41, 5.74) is 0. The van der Waals surface area contributed by atoms with Crippen molar-refractivity contribution in [3.63, 3.8) is 0 Å². The molecule has 28 heavy (non-hydrogen) atoms. The molecule has 0 atom stereocenters. The fraction of sp³-hybridized carbons (Fsp3) is 0.389. The number of ether oxygens (including phenoxy) is 1. The van der Waals surface area contributed by atoms with Crippen molar-refractivity contribution in [2.24, 2.45) is 5.92 Å². The van der Waals surface area contributed by atoms with E-state index in [1.807, 2.05) is 0 Å². The number of carbonyl (C=O) groups excluding carboxylic acids is 1. The highest BCUT2D eigenvalue weighted by Gasteiger charge is 2.29. The van der Waals surface area contributed by atoms with Crippen LogP contribution >= 0.6 is 11.3 Å². The highest BCUT2D eigenvalue weighted by molar-refractivity contribution is 7.89. The summed E-state index contributed by atoms with van der Waals surface area (Å²) in [6.45, 7) is -1.89. The maximum absolute atomic E-state index is 12.6. The summed E-state index contributed by atoms with van der Waals surface area (Å²) in [6.07, 6.45) is 1.22. The monoisotopic (exact) mass is 430 g/mol. The molecule has 0 unspecified atom stereocenters. The standard InChI is InChI=1S/C18H20F2N2O4S2/c19-18(20)26-15-8-11-27-16(15)17(23)21-12-13-6-9-22(10-7-13)28(24,25)14-4-2-1-3-5-14/h1-5,8,11,13,18H,6-7,9-10,12H2,(H,21,23). The van der Waals surface area contributed by atoms with Crippen molar-refractivity contribution in [3.05, 3.63) is 46.7 Å². The van der Waals surface area contributed by atoms with E-state index in [1.54, 1.807) is 30.3 Å². The first-order valence-corrected chi connectivity index (χ1v) is 11.1. The molecule has 1 aromatic heterocycles. The van der Waals surface area contributed by atoms with Crippen LogP contribution in [0.2, 0.25) is 0 Å². The molecule has 0 radical (unpaired) electrons. The lowest BCUT2D eigenvalue weighted by Crippen LogP contribution is -2.41. The molecule has 1 aliphatic heterocycles. The van der Waals surface area contributed by atoms with Crippen LogP contribution in [-0.4, -0.2) is 44.9 Å². The van der Waals surface area contributed by atoms with E-state index in [-0.39, 0.29) is 21.4 Å². The lowest BCUT2D eigenvalue weighted by Gasteiger charge is -2.31. The van der Waals surface area contributed by atoms with Crippen LogP contribution in [0.3, 0.4) is 0 Å². The molecule has 0 aliphatic carbocycles. The molecule has 152 valence electrons. The third kappa shape index (κ3) is 4.86. The van der Waals surface area contributed by atoms with Crippen molar-refractivity contribution in [3.8, 4) is 5.75 Å². The van der Waals surface area contributed by atoms with Gasteiger partial charge in [0.25, 0.3) is 5.91 Å². The van der Waals surface area contributed by atoms with E-state index >= 15 is 0 Å². The summed E-state index contributed by atoms with van der Waals surface area (Å²) >= 11 is 1.03. The van der Waals surface area contributed by atoms with Gasteiger partial charge in [-0.05, 0) is 42.3 Å². The number of hydrogen-bond acceptors (Lipinski definition) is 5. The van der Waals surface area contributed by atoms with Crippen LogP contribution in [0.4, 0.5) is 8.78 Å². The number of amides is 1. The predicted molar refractivity (Wildman–Crippen MR) is 101 cm³/mol. The number of alkyl halides is 2. The minimum atomic E-state index is -3.51. The maximum atomic E-state index is 12.6. The van der Waals surface area contributed by atoms with E-state index in [9.17, 15) is 22.0 Å². The van der Waals surface area contributed by atoms with Gasteiger partial charge in [0.15, 0.2) is 0 Å². The number of halogens is 2. The molecule has 1 fully saturated rings. The summed E-state index contributed by atoms with van der Waals surface area (Å²) in [6, 6.07) is 9.61. The fourth-order valence-electron chi connectivity index (χ4n) is 3.06. The van der Waals surface area contributed by atoms with Gasteiger partial charge in [-0.2, -0.15) is 13.1 Å². The van der Waals surface area contributed by atoms with Crippen molar-refractivity contribution in [1.82, 2.24) is 9.62 Å². The Morgan fingerprint density at radius 2 is 1.89 bits per heavy atom. The van der Waals surface area contributed by atoms with Crippen LogP contribution in [0, 0.1) is 5.92 Å². The smallest absolute Gasteiger partial charge is 0.387 e. The van der Waals surface area contributed by atoms with Crippen LogP contribution in [-0.2, 0) is 10.0 Å². The zero-order chi connectivity index (χ0) is 20.1. The number of carbonyl (C=O) groups is 1. The van der Waals surface area contributed by atoms with Crippen molar-refractivity contribution in [2.75, 3.05) is 19.6 Å². The first-order valence-electron chi connectivity index (χ1n) is 8.73. The van der Waals surface area contributed by atoms with Crippen molar-refractivity contribution in [1.29, 1.82) is 0 Å². The normalized spacial score (nSPS) is 16.2. The van der Waals surface area contributed by atoms with Crippen LogP contribution in [0.1, 0.15) is 22.5 Å². The van der Waals surface area contributed by atoms with E-state index in [1.165, 1.54) is 15.8 Å².